The maximum absolute atomic E-state index is 9.52. The summed E-state index contributed by atoms with van der Waals surface area (Å²) < 4.78 is 0. The Bertz CT molecular complexity index is 259. The molecule has 1 aliphatic carbocycles. The quantitative estimate of drug-likeness (QED) is 0.605. The molecular weight excluding hydrogens is 138 g/mol. The maximum atomic E-state index is 9.52. The third kappa shape index (κ3) is 1.14. The number of nitrogens with zero attached hydrogens (tertiary/aromatic N) is 1. The van der Waals surface area contributed by atoms with Crippen molar-refractivity contribution in [3.8, 4) is 0 Å². The molecule has 2 rings (SSSR count). The predicted molar refractivity (Wildman–Crippen MR) is 42.1 cm³/mol. The van der Waals surface area contributed by atoms with E-state index in [1.807, 2.05) is 12.1 Å². The molecule has 0 amide bonds. The second kappa shape index (κ2) is 2.62. The van der Waals surface area contributed by atoms with E-state index in [1.54, 1.807) is 6.20 Å². The third-order valence-electron chi connectivity index (χ3n) is 2.18. The minimum absolute atomic E-state index is 0.271. The molecule has 0 bridgehead atoms. The number of aryl methyl sites for hydroxylation is 1. The highest BCUT2D eigenvalue weighted by Crippen LogP contribution is 2.27. The van der Waals surface area contributed by atoms with Crippen molar-refractivity contribution in [1.29, 1.82) is 0 Å². The molecule has 11 heavy (non-hydrogen) atoms. The minimum atomic E-state index is -0.271. The van der Waals surface area contributed by atoms with Crippen LogP contribution >= 0.6 is 0 Å². The highest BCUT2D eigenvalue weighted by Gasteiger charge is 2.17. The summed E-state index contributed by atoms with van der Waals surface area (Å²) in [6, 6.07) is 3.85. The number of aliphatic hydroxyl groups is 1. The molecule has 1 atom stereocenters. The van der Waals surface area contributed by atoms with E-state index in [-0.39, 0.29) is 6.10 Å². The van der Waals surface area contributed by atoms with Crippen molar-refractivity contribution in [2.75, 3.05) is 0 Å². The highest BCUT2D eigenvalue weighted by molar-refractivity contribution is 5.24. The van der Waals surface area contributed by atoms with E-state index in [4.69, 9.17) is 0 Å². The topological polar surface area (TPSA) is 33.1 Å². The molecule has 0 saturated carbocycles. The van der Waals surface area contributed by atoms with Gasteiger partial charge in [0.05, 0.1) is 6.10 Å². The van der Waals surface area contributed by atoms with E-state index in [9.17, 15) is 5.11 Å². The van der Waals surface area contributed by atoms with E-state index in [2.05, 4.69) is 4.98 Å². The number of hydrogen-bond acceptors (Lipinski definition) is 2. The van der Waals surface area contributed by atoms with Gasteiger partial charge in [0.1, 0.15) is 0 Å². The first kappa shape index (κ1) is 6.80. The molecule has 1 N–H and O–H groups in total. The van der Waals surface area contributed by atoms with Crippen molar-refractivity contribution in [3.05, 3.63) is 29.6 Å². The zero-order chi connectivity index (χ0) is 7.68. The molecule has 0 spiro atoms. The summed E-state index contributed by atoms with van der Waals surface area (Å²) in [6.45, 7) is 0. The molecule has 2 heteroatoms. The van der Waals surface area contributed by atoms with Crippen molar-refractivity contribution in [1.82, 2.24) is 4.98 Å². The van der Waals surface area contributed by atoms with Gasteiger partial charge in [0.25, 0.3) is 0 Å². The smallest absolute Gasteiger partial charge is 0.0807 e. The number of rotatable bonds is 0. The zero-order valence-corrected chi connectivity index (χ0v) is 6.33. The fourth-order valence-corrected chi connectivity index (χ4v) is 1.58. The summed E-state index contributed by atoms with van der Waals surface area (Å²) in [6.07, 6.45) is 4.49. The van der Waals surface area contributed by atoms with Gasteiger partial charge in [-0.1, -0.05) is 6.07 Å². The molecule has 0 fully saturated rings. The van der Waals surface area contributed by atoms with Crippen molar-refractivity contribution in [2.45, 2.75) is 25.4 Å². The van der Waals surface area contributed by atoms with Crippen molar-refractivity contribution in [3.63, 3.8) is 0 Å². The second-order valence-corrected chi connectivity index (χ2v) is 2.95. The summed E-state index contributed by atoms with van der Waals surface area (Å²) in [5.41, 5.74) is 2.10. The Kier molecular flexibility index (Phi) is 1.62. The van der Waals surface area contributed by atoms with Gasteiger partial charge in [0.15, 0.2) is 0 Å². The minimum Gasteiger partial charge on any atom is -0.388 e. The summed E-state index contributed by atoms with van der Waals surface area (Å²) in [5, 5.41) is 9.52. The SMILES string of the molecule is OC1CCCc2ncccc21. The van der Waals surface area contributed by atoms with Crippen LogP contribution in [0, 0.1) is 0 Å². The summed E-state index contributed by atoms with van der Waals surface area (Å²) in [5.74, 6) is 0. The molecule has 2 nitrogen and oxygen atoms in total. The van der Waals surface area contributed by atoms with E-state index in [1.165, 1.54) is 0 Å². The van der Waals surface area contributed by atoms with Gasteiger partial charge in [-0.3, -0.25) is 4.98 Å². The van der Waals surface area contributed by atoms with E-state index < -0.39 is 0 Å². The van der Waals surface area contributed by atoms with E-state index in [0.717, 1.165) is 30.5 Å². The van der Waals surface area contributed by atoms with E-state index >= 15 is 0 Å². The molecule has 0 aromatic carbocycles. The van der Waals surface area contributed by atoms with Crippen LogP contribution in [0.25, 0.3) is 0 Å². The molecule has 1 heterocycles. The van der Waals surface area contributed by atoms with Crippen LogP contribution in [-0.4, -0.2) is 10.1 Å². The van der Waals surface area contributed by atoms with Crippen molar-refractivity contribution < 1.29 is 5.11 Å². The van der Waals surface area contributed by atoms with Crippen LogP contribution in [0.3, 0.4) is 0 Å². The van der Waals surface area contributed by atoms with Crippen molar-refractivity contribution >= 4 is 0 Å². The molecule has 1 unspecified atom stereocenters. The Labute approximate surface area is 65.9 Å². The lowest BCUT2D eigenvalue weighted by atomic mass is 9.94. The lowest BCUT2D eigenvalue weighted by Crippen LogP contribution is -2.10. The molecule has 1 aliphatic rings. The molecule has 58 valence electrons. The number of aromatic nitrogens is 1. The normalized spacial score (nSPS) is 22.8. The molecular formula is C9H11NO. The fourth-order valence-electron chi connectivity index (χ4n) is 1.58. The van der Waals surface area contributed by atoms with Gasteiger partial charge in [0.2, 0.25) is 0 Å². The Balaban J connectivity index is 2.44. The summed E-state index contributed by atoms with van der Waals surface area (Å²) in [4.78, 5) is 4.21. The fraction of sp³-hybridized carbons (Fsp3) is 0.444. The first-order valence-corrected chi connectivity index (χ1v) is 4.00. The van der Waals surface area contributed by atoms with Gasteiger partial charge in [-0.2, -0.15) is 0 Å². The second-order valence-electron chi connectivity index (χ2n) is 2.95. The number of hydrogen-bond donors (Lipinski definition) is 1. The van der Waals surface area contributed by atoms with Gasteiger partial charge in [-0.25, -0.2) is 0 Å². The highest BCUT2D eigenvalue weighted by atomic mass is 16.3. The van der Waals surface area contributed by atoms with Crippen LogP contribution in [0.2, 0.25) is 0 Å². The van der Waals surface area contributed by atoms with Gasteiger partial charge < -0.3 is 5.11 Å². The standard InChI is InChI=1S/C9H11NO/c11-9-5-1-4-8-7(9)3-2-6-10-8/h2-3,6,9,11H,1,4-5H2. The lowest BCUT2D eigenvalue weighted by Gasteiger charge is -2.19. The number of aliphatic hydroxyl groups excluding tert-OH is 1. The summed E-state index contributed by atoms with van der Waals surface area (Å²) in [7, 11) is 0. The first-order valence-electron chi connectivity index (χ1n) is 4.00. The van der Waals surface area contributed by atoms with Crippen molar-refractivity contribution in [2.24, 2.45) is 0 Å². The maximum Gasteiger partial charge on any atom is 0.0807 e. The zero-order valence-electron chi connectivity index (χ0n) is 6.33. The Hall–Kier alpha value is -0.890. The van der Waals surface area contributed by atoms with Crippen LogP contribution in [0.4, 0.5) is 0 Å². The van der Waals surface area contributed by atoms with Crippen LogP contribution in [-0.2, 0) is 6.42 Å². The Morgan fingerprint density at radius 1 is 1.55 bits per heavy atom. The van der Waals surface area contributed by atoms with Crippen LogP contribution in [0.15, 0.2) is 18.3 Å². The first-order chi connectivity index (χ1) is 5.38. The predicted octanol–water partition coefficient (Wildman–Crippen LogP) is 1.45. The van der Waals surface area contributed by atoms with Crippen LogP contribution < -0.4 is 0 Å². The van der Waals surface area contributed by atoms with Crippen LogP contribution in [0.5, 0.6) is 0 Å². The van der Waals surface area contributed by atoms with Gasteiger partial charge >= 0.3 is 0 Å². The van der Waals surface area contributed by atoms with Crippen LogP contribution in [0.1, 0.15) is 30.2 Å². The largest absolute Gasteiger partial charge is 0.388 e. The third-order valence-corrected chi connectivity index (χ3v) is 2.18. The molecule has 0 saturated heterocycles. The molecule has 0 radical (unpaired) electrons. The van der Waals surface area contributed by atoms with Gasteiger partial charge in [0, 0.05) is 17.5 Å². The average Bonchev–Trinajstić information content (AvgIpc) is 2.06. The number of pyridine rings is 1. The lowest BCUT2D eigenvalue weighted by molar-refractivity contribution is 0.155. The average molecular weight is 149 g/mol. The monoisotopic (exact) mass is 149 g/mol. The van der Waals surface area contributed by atoms with Gasteiger partial charge in [-0.15, -0.1) is 0 Å². The molecule has 0 aliphatic heterocycles. The Morgan fingerprint density at radius 3 is 3.27 bits per heavy atom. The van der Waals surface area contributed by atoms with E-state index in [0.29, 0.717) is 0 Å². The summed E-state index contributed by atoms with van der Waals surface area (Å²) >= 11 is 0. The van der Waals surface area contributed by atoms with Gasteiger partial charge in [-0.05, 0) is 25.3 Å². The molecule has 1 aromatic heterocycles. The Morgan fingerprint density at radius 2 is 2.45 bits per heavy atom. The molecule has 1 aromatic rings. The number of fused-ring (bicyclic) bond motifs is 1.